The number of nitrogens with zero attached hydrogens (tertiary/aromatic N) is 1. The summed E-state index contributed by atoms with van der Waals surface area (Å²) in [6.45, 7) is 0.650. The Balaban J connectivity index is 5.43. The molecule has 4 atom stereocenters. The largest absolute Gasteiger partial charge is 0.481 e. The molecule has 3 amide bonds. The fraction of sp³-hybridized carbons (Fsp3) is 0.647. The van der Waals surface area contributed by atoms with E-state index in [0.717, 1.165) is 0 Å². The van der Waals surface area contributed by atoms with Gasteiger partial charge in [0.25, 0.3) is 0 Å². The zero-order valence-corrected chi connectivity index (χ0v) is 17.6. The minimum absolute atomic E-state index is 0.0191. The van der Waals surface area contributed by atoms with Gasteiger partial charge in [0.2, 0.25) is 17.7 Å². The average Bonchev–Trinajstić information content (AvgIpc) is 2.71. The van der Waals surface area contributed by atoms with Crippen molar-refractivity contribution >= 4 is 35.6 Å². The Labute approximate surface area is 183 Å². The van der Waals surface area contributed by atoms with E-state index < -0.39 is 66.9 Å². The third-order valence-corrected chi connectivity index (χ3v) is 4.12. The van der Waals surface area contributed by atoms with E-state index in [0.29, 0.717) is 0 Å². The third-order valence-electron chi connectivity index (χ3n) is 4.12. The van der Waals surface area contributed by atoms with Gasteiger partial charge in [0.1, 0.15) is 24.2 Å². The van der Waals surface area contributed by atoms with E-state index in [2.05, 4.69) is 20.9 Å². The quantitative estimate of drug-likeness (QED) is 0.0640. The lowest BCUT2D eigenvalue weighted by atomic mass is 10.1. The zero-order chi connectivity index (χ0) is 24.8. The summed E-state index contributed by atoms with van der Waals surface area (Å²) >= 11 is 0. The van der Waals surface area contributed by atoms with E-state index in [9.17, 15) is 24.0 Å². The number of aliphatic hydroxyl groups excluding tert-OH is 1. The number of guanidine groups is 1. The number of amides is 3. The van der Waals surface area contributed by atoms with E-state index in [1.807, 2.05) is 0 Å². The molecule has 0 aliphatic heterocycles. The van der Waals surface area contributed by atoms with Gasteiger partial charge in [-0.1, -0.05) is 0 Å². The van der Waals surface area contributed by atoms with Crippen LogP contribution in [0, 0.1) is 0 Å². The molecule has 182 valence electrons. The Morgan fingerprint density at radius 3 is 1.94 bits per heavy atom. The lowest BCUT2D eigenvalue weighted by molar-refractivity contribution is -0.142. The molecule has 0 fully saturated rings. The maximum absolute atomic E-state index is 12.7. The molecule has 0 aliphatic rings. The monoisotopic (exact) mass is 461 g/mol. The number of nitrogens with two attached hydrogens (primary N) is 3. The topological polar surface area (TPSA) is 273 Å². The Morgan fingerprint density at radius 1 is 0.906 bits per heavy atom. The molecular weight excluding hydrogens is 430 g/mol. The molecule has 15 nitrogen and oxygen atoms in total. The van der Waals surface area contributed by atoms with Crippen molar-refractivity contribution in [2.45, 2.75) is 56.8 Å². The molecule has 0 bridgehead atoms. The lowest BCUT2D eigenvalue weighted by Gasteiger charge is -2.24. The number of carboxylic acids is 2. The van der Waals surface area contributed by atoms with Crippen molar-refractivity contribution in [2.24, 2.45) is 22.2 Å². The van der Waals surface area contributed by atoms with Crippen LogP contribution in [-0.4, -0.2) is 88.3 Å². The highest BCUT2D eigenvalue weighted by Gasteiger charge is 2.29. The van der Waals surface area contributed by atoms with Crippen molar-refractivity contribution in [1.82, 2.24) is 16.0 Å². The van der Waals surface area contributed by atoms with E-state index in [4.69, 9.17) is 32.5 Å². The second kappa shape index (κ2) is 14.5. The van der Waals surface area contributed by atoms with E-state index in [1.54, 1.807) is 0 Å². The molecule has 0 saturated heterocycles. The molecular formula is C17H31N7O8. The molecule has 32 heavy (non-hydrogen) atoms. The van der Waals surface area contributed by atoms with Gasteiger partial charge in [0.05, 0.1) is 6.61 Å². The first-order valence-corrected chi connectivity index (χ1v) is 9.66. The van der Waals surface area contributed by atoms with Crippen LogP contribution in [0.15, 0.2) is 4.99 Å². The highest BCUT2D eigenvalue weighted by molar-refractivity contribution is 5.94. The molecule has 0 spiro atoms. The van der Waals surface area contributed by atoms with Gasteiger partial charge in [0.15, 0.2) is 5.96 Å². The Morgan fingerprint density at radius 2 is 1.44 bits per heavy atom. The number of aliphatic carboxylic acids is 2. The molecule has 0 aliphatic carbocycles. The van der Waals surface area contributed by atoms with Gasteiger partial charge in [-0.15, -0.1) is 0 Å². The van der Waals surface area contributed by atoms with Crippen LogP contribution in [0.5, 0.6) is 0 Å². The number of nitrogens with one attached hydrogen (secondary N) is 3. The first-order valence-electron chi connectivity index (χ1n) is 9.66. The highest BCUT2D eigenvalue weighted by Crippen LogP contribution is 2.04. The van der Waals surface area contributed by atoms with Crippen LogP contribution < -0.4 is 33.2 Å². The van der Waals surface area contributed by atoms with Crippen LogP contribution in [0.4, 0.5) is 0 Å². The second-order valence-corrected chi connectivity index (χ2v) is 6.86. The second-order valence-electron chi connectivity index (χ2n) is 6.86. The van der Waals surface area contributed by atoms with Crippen molar-refractivity contribution < 1.29 is 39.3 Å². The number of hydrogen-bond donors (Lipinski definition) is 9. The van der Waals surface area contributed by atoms with Crippen molar-refractivity contribution in [3.63, 3.8) is 0 Å². The number of carbonyl (C=O) groups excluding carboxylic acids is 3. The predicted octanol–water partition coefficient (Wildman–Crippen LogP) is -4.22. The minimum atomic E-state index is -1.39. The number of carbonyl (C=O) groups is 5. The summed E-state index contributed by atoms with van der Waals surface area (Å²) in [6, 6.07) is -5.19. The number of carboxylic acid groups (broad SMARTS) is 2. The molecule has 0 heterocycles. The maximum Gasteiger partial charge on any atom is 0.325 e. The fourth-order valence-corrected chi connectivity index (χ4v) is 2.32. The van der Waals surface area contributed by atoms with Crippen molar-refractivity contribution in [2.75, 3.05) is 13.2 Å². The van der Waals surface area contributed by atoms with Crippen LogP contribution in [-0.2, 0) is 24.0 Å². The number of rotatable bonds is 15. The lowest BCUT2D eigenvalue weighted by Crippen LogP contribution is -2.57. The van der Waals surface area contributed by atoms with E-state index in [-0.39, 0.29) is 31.8 Å². The molecule has 4 unspecified atom stereocenters. The minimum Gasteiger partial charge on any atom is -0.481 e. The maximum atomic E-state index is 12.7. The fourth-order valence-electron chi connectivity index (χ4n) is 2.32. The van der Waals surface area contributed by atoms with Gasteiger partial charge in [0, 0.05) is 13.0 Å². The summed E-state index contributed by atoms with van der Waals surface area (Å²) in [7, 11) is 0. The summed E-state index contributed by atoms with van der Waals surface area (Å²) in [6.07, 6.45) is -0.557. The zero-order valence-electron chi connectivity index (χ0n) is 17.6. The summed E-state index contributed by atoms with van der Waals surface area (Å²) < 4.78 is 0. The molecule has 0 aromatic carbocycles. The van der Waals surface area contributed by atoms with Gasteiger partial charge in [-0.3, -0.25) is 29.0 Å². The first-order chi connectivity index (χ1) is 14.9. The highest BCUT2D eigenvalue weighted by atomic mass is 16.4. The summed E-state index contributed by atoms with van der Waals surface area (Å²) in [5.74, 6) is -5.33. The normalized spacial score (nSPS) is 14.2. The average molecular weight is 461 g/mol. The van der Waals surface area contributed by atoms with Crippen LogP contribution in [0.2, 0.25) is 0 Å². The molecule has 15 heteroatoms. The van der Waals surface area contributed by atoms with Crippen LogP contribution in [0.3, 0.4) is 0 Å². The van der Waals surface area contributed by atoms with Gasteiger partial charge in [-0.05, 0) is 26.2 Å². The summed E-state index contributed by atoms with van der Waals surface area (Å²) in [4.78, 5) is 62.7. The molecule has 0 saturated carbocycles. The molecule has 0 aromatic rings. The smallest absolute Gasteiger partial charge is 0.325 e. The number of aliphatic hydroxyl groups is 1. The van der Waals surface area contributed by atoms with E-state index >= 15 is 0 Å². The van der Waals surface area contributed by atoms with E-state index in [1.165, 1.54) is 6.92 Å². The number of hydrogen-bond acceptors (Lipinski definition) is 8. The van der Waals surface area contributed by atoms with Gasteiger partial charge in [-0.2, -0.15) is 0 Å². The Bertz CT molecular complexity index is 711. The summed E-state index contributed by atoms with van der Waals surface area (Å²) in [5.41, 5.74) is 15.9. The number of aliphatic imine (C=N–C) groups is 1. The van der Waals surface area contributed by atoms with Crippen LogP contribution >= 0.6 is 0 Å². The van der Waals surface area contributed by atoms with Gasteiger partial charge < -0.3 is 48.5 Å². The third kappa shape index (κ3) is 11.7. The molecule has 0 aromatic heterocycles. The molecule has 0 rings (SSSR count). The molecule has 12 N–H and O–H groups in total. The van der Waals surface area contributed by atoms with Gasteiger partial charge >= 0.3 is 11.9 Å². The predicted molar refractivity (Wildman–Crippen MR) is 111 cm³/mol. The molecule has 0 radical (unpaired) electrons. The first kappa shape index (κ1) is 28.5. The SMILES string of the molecule is CC(NC(=O)C(CCC(=O)O)NC(=O)C(CCCN=C(N)N)NC(=O)C(N)CO)C(=O)O. The van der Waals surface area contributed by atoms with Crippen LogP contribution in [0.25, 0.3) is 0 Å². The standard InChI is InChI=1S/C17H31N7O8/c1-8(16(31)32)22-14(29)11(4-5-12(26)27)24-15(30)10(3-2-6-21-17(19)20)23-13(28)9(18)7-25/h8-11,25H,2-7,18H2,1H3,(H,22,29)(H,23,28)(H,24,30)(H,26,27)(H,31,32)(H4,19,20,21). The Kier molecular flexibility index (Phi) is 13.0. The van der Waals surface area contributed by atoms with Crippen molar-refractivity contribution in [1.29, 1.82) is 0 Å². The Hall–Kier alpha value is -3.46. The summed E-state index contributed by atoms with van der Waals surface area (Å²) in [5, 5.41) is 33.6. The van der Waals surface area contributed by atoms with Crippen molar-refractivity contribution in [3.8, 4) is 0 Å². The van der Waals surface area contributed by atoms with Crippen LogP contribution in [0.1, 0.15) is 32.6 Å². The van der Waals surface area contributed by atoms with Crippen molar-refractivity contribution in [3.05, 3.63) is 0 Å². The van der Waals surface area contributed by atoms with Gasteiger partial charge in [-0.25, -0.2) is 0 Å².